The number of nitrogens with one attached hydrogen (secondary N) is 1. The van der Waals surface area contributed by atoms with Crippen LogP contribution in [0.1, 0.15) is 48.9 Å². The Balaban J connectivity index is 1.54. The number of ether oxygens (including phenoxy) is 1. The van der Waals surface area contributed by atoms with Crippen molar-refractivity contribution in [3.63, 3.8) is 0 Å². The molecule has 136 valence electrons. The van der Waals surface area contributed by atoms with Gasteiger partial charge in [-0.25, -0.2) is 0 Å². The van der Waals surface area contributed by atoms with Gasteiger partial charge in [-0.15, -0.1) is 0 Å². The van der Waals surface area contributed by atoms with Crippen molar-refractivity contribution >= 4 is 17.4 Å². The lowest BCUT2D eigenvalue weighted by molar-refractivity contribution is -0.117. The van der Waals surface area contributed by atoms with Crippen LogP contribution in [0, 0.1) is 0 Å². The third-order valence-electron chi connectivity index (χ3n) is 5.08. The van der Waals surface area contributed by atoms with E-state index in [4.69, 9.17) is 10.5 Å². The number of hydrogen-bond acceptors (Lipinski definition) is 5. The molecule has 1 fully saturated rings. The number of amides is 1. The third kappa shape index (κ3) is 3.79. The lowest BCUT2D eigenvalue weighted by Crippen LogP contribution is -2.14. The number of hydrogen-bond donors (Lipinski definition) is 2. The Kier molecular flexibility index (Phi) is 4.73. The van der Waals surface area contributed by atoms with E-state index in [1.165, 1.54) is 18.4 Å². The van der Waals surface area contributed by atoms with Crippen molar-refractivity contribution in [2.24, 2.45) is 5.73 Å². The highest BCUT2D eigenvalue weighted by Gasteiger charge is 2.23. The van der Waals surface area contributed by atoms with Crippen LogP contribution in [0.5, 0.6) is 6.01 Å². The number of carbonyl (C=O) groups is 1. The molecule has 0 radical (unpaired) electrons. The number of anilines is 2. The van der Waals surface area contributed by atoms with Gasteiger partial charge < -0.3 is 15.8 Å². The minimum atomic E-state index is -0.326. The minimum Gasteiger partial charge on any atom is -0.460 e. The van der Waals surface area contributed by atoms with Crippen LogP contribution in [-0.2, 0) is 24.1 Å². The molecule has 1 aromatic heterocycles. The monoisotopic (exact) mass is 352 g/mol. The number of fused-ring (bicyclic) bond motifs is 1. The molecule has 4 rings (SSSR count). The van der Waals surface area contributed by atoms with Gasteiger partial charge in [0.2, 0.25) is 5.91 Å². The van der Waals surface area contributed by atoms with Crippen molar-refractivity contribution in [3.8, 4) is 6.01 Å². The van der Waals surface area contributed by atoms with Gasteiger partial charge in [0.15, 0.2) is 0 Å². The van der Waals surface area contributed by atoms with Gasteiger partial charge in [0.25, 0.3) is 0 Å². The number of nitrogens with two attached hydrogens (primary N) is 1. The van der Waals surface area contributed by atoms with E-state index in [1.807, 2.05) is 24.3 Å². The molecule has 0 aliphatic heterocycles. The lowest BCUT2D eigenvalue weighted by Gasteiger charge is -2.15. The van der Waals surface area contributed by atoms with Crippen molar-refractivity contribution in [1.82, 2.24) is 9.97 Å². The van der Waals surface area contributed by atoms with E-state index >= 15 is 0 Å². The van der Waals surface area contributed by atoms with Crippen LogP contribution in [0.3, 0.4) is 0 Å². The molecule has 1 saturated carbocycles. The molecule has 0 saturated heterocycles. The summed E-state index contributed by atoms with van der Waals surface area (Å²) in [5, 5.41) is 3.40. The number of nitrogens with zero attached hydrogens (tertiary/aromatic N) is 2. The first-order chi connectivity index (χ1) is 12.7. The smallest absolute Gasteiger partial charge is 0.318 e. The third-order valence-corrected chi connectivity index (χ3v) is 5.08. The number of benzene rings is 1. The van der Waals surface area contributed by atoms with Gasteiger partial charge >= 0.3 is 6.01 Å². The van der Waals surface area contributed by atoms with Gasteiger partial charge in [0, 0.05) is 11.3 Å². The van der Waals surface area contributed by atoms with Crippen LogP contribution >= 0.6 is 0 Å². The van der Waals surface area contributed by atoms with E-state index in [2.05, 4.69) is 15.3 Å². The fourth-order valence-electron chi connectivity index (χ4n) is 3.77. The van der Waals surface area contributed by atoms with E-state index in [-0.39, 0.29) is 18.4 Å². The molecule has 0 bridgehead atoms. The lowest BCUT2D eigenvalue weighted by atomic mass is 10.1. The SMILES string of the molecule is NC(=O)Cc1ccc(Nc2nc(OC3CCCC3)nc3c2CCC3)cc1. The molecule has 26 heavy (non-hydrogen) atoms. The van der Waals surface area contributed by atoms with E-state index in [1.54, 1.807) is 0 Å². The second-order valence-corrected chi connectivity index (χ2v) is 7.12. The molecule has 6 heteroatoms. The summed E-state index contributed by atoms with van der Waals surface area (Å²) in [6.07, 6.45) is 8.18. The minimum absolute atomic E-state index is 0.246. The van der Waals surface area contributed by atoms with Crippen LogP contribution in [0.4, 0.5) is 11.5 Å². The quantitative estimate of drug-likeness (QED) is 0.834. The van der Waals surface area contributed by atoms with E-state index in [9.17, 15) is 4.79 Å². The number of rotatable bonds is 6. The molecular weight excluding hydrogens is 328 g/mol. The van der Waals surface area contributed by atoms with Crippen LogP contribution in [0.15, 0.2) is 24.3 Å². The first-order valence-electron chi connectivity index (χ1n) is 9.38. The highest BCUT2D eigenvalue weighted by atomic mass is 16.5. The molecular formula is C20H24N4O2. The molecule has 1 heterocycles. The maximum absolute atomic E-state index is 11.0. The number of aryl methyl sites for hydroxylation is 1. The molecule has 0 atom stereocenters. The predicted molar refractivity (Wildman–Crippen MR) is 99.6 cm³/mol. The molecule has 1 amide bonds. The molecule has 2 aliphatic carbocycles. The summed E-state index contributed by atoms with van der Waals surface area (Å²) in [4.78, 5) is 20.3. The normalized spacial score (nSPS) is 16.5. The van der Waals surface area contributed by atoms with Gasteiger partial charge in [0.1, 0.15) is 11.9 Å². The van der Waals surface area contributed by atoms with Crippen molar-refractivity contribution in [1.29, 1.82) is 0 Å². The summed E-state index contributed by atoms with van der Waals surface area (Å²) in [5.41, 5.74) is 9.36. The Labute approximate surface area is 153 Å². The number of primary amides is 1. The molecule has 2 aromatic rings. The van der Waals surface area contributed by atoms with Gasteiger partial charge in [-0.1, -0.05) is 12.1 Å². The first kappa shape index (κ1) is 16.8. The Hall–Kier alpha value is -2.63. The zero-order valence-electron chi connectivity index (χ0n) is 14.8. The van der Waals surface area contributed by atoms with Crippen LogP contribution in [0.25, 0.3) is 0 Å². The number of aromatic nitrogens is 2. The van der Waals surface area contributed by atoms with Crippen LogP contribution in [0.2, 0.25) is 0 Å². The Morgan fingerprint density at radius 1 is 1.12 bits per heavy atom. The van der Waals surface area contributed by atoms with Crippen molar-refractivity contribution < 1.29 is 9.53 Å². The maximum Gasteiger partial charge on any atom is 0.318 e. The molecule has 6 nitrogen and oxygen atoms in total. The Morgan fingerprint density at radius 3 is 2.62 bits per heavy atom. The maximum atomic E-state index is 11.0. The zero-order chi connectivity index (χ0) is 17.9. The van der Waals surface area contributed by atoms with Gasteiger partial charge in [0.05, 0.1) is 12.1 Å². The van der Waals surface area contributed by atoms with Gasteiger partial charge in [-0.2, -0.15) is 9.97 Å². The van der Waals surface area contributed by atoms with Crippen molar-refractivity contribution in [3.05, 3.63) is 41.1 Å². The summed E-state index contributed by atoms with van der Waals surface area (Å²) in [5.74, 6) is 0.510. The molecule has 3 N–H and O–H groups in total. The van der Waals surface area contributed by atoms with E-state index in [0.717, 1.165) is 54.9 Å². The zero-order valence-corrected chi connectivity index (χ0v) is 14.8. The van der Waals surface area contributed by atoms with Gasteiger partial charge in [-0.05, 0) is 62.6 Å². The fraction of sp³-hybridized carbons (Fsp3) is 0.450. The highest BCUT2D eigenvalue weighted by molar-refractivity contribution is 5.76. The average Bonchev–Trinajstić information content (AvgIpc) is 3.28. The van der Waals surface area contributed by atoms with Crippen molar-refractivity contribution in [2.45, 2.75) is 57.5 Å². The second kappa shape index (κ2) is 7.32. The Morgan fingerprint density at radius 2 is 1.88 bits per heavy atom. The topological polar surface area (TPSA) is 90.1 Å². The van der Waals surface area contributed by atoms with Crippen LogP contribution < -0.4 is 15.8 Å². The summed E-state index contributed by atoms with van der Waals surface area (Å²) >= 11 is 0. The number of carbonyl (C=O) groups excluding carboxylic acids is 1. The summed E-state index contributed by atoms with van der Waals surface area (Å²) in [7, 11) is 0. The summed E-state index contributed by atoms with van der Waals surface area (Å²) in [6.45, 7) is 0. The molecule has 2 aliphatic rings. The first-order valence-corrected chi connectivity index (χ1v) is 9.38. The average molecular weight is 352 g/mol. The largest absolute Gasteiger partial charge is 0.460 e. The highest BCUT2D eigenvalue weighted by Crippen LogP contribution is 2.31. The summed E-state index contributed by atoms with van der Waals surface area (Å²) < 4.78 is 6.03. The fourth-order valence-corrected chi connectivity index (χ4v) is 3.77. The van der Waals surface area contributed by atoms with E-state index in [0.29, 0.717) is 6.01 Å². The van der Waals surface area contributed by atoms with E-state index < -0.39 is 0 Å². The molecule has 1 aromatic carbocycles. The second-order valence-electron chi connectivity index (χ2n) is 7.12. The van der Waals surface area contributed by atoms with Crippen LogP contribution in [-0.4, -0.2) is 22.0 Å². The van der Waals surface area contributed by atoms with Crippen molar-refractivity contribution in [2.75, 3.05) is 5.32 Å². The predicted octanol–water partition coefficient (Wildman–Crippen LogP) is 3.06. The molecule has 0 spiro atoms. The summed E-state index contributed by atoms with van der Waals surface area (Å²) in [6, 6.07) is 8.19. The molecule has 0 unspecified atom stereocenters. The standard InChI is InChI=1S/C20H24N4O2/c21-18(25)12-13-8-10-14(11-9-13)22-19-16-6-3-7-17(16)23-20(24-19)26-15-4-1-2-5-15/h8-11,15H,1-7,12H2,(H2,21,25)(H,22,23,24). The van der Waals surface area contributed by atoms with Gasteiger partial charge in [-0.3, -0.25) is 4.79 Å². The Bertz CT molecular complexity index is 798.